The number of thiophene rings is 1. The maximum atomic E-state index is 13.1. The van der Waals surface area contributed by atoms with Crippen LogP contribution in [0, 0.1) is 0 Å². The Bertz CT molecular complexity index is 1620. The van der Waals surface area contributed by atoms with Crippen molar-refractivity contribution in [2.24, 2.45) is 7.05 Å². The lowest BCUT2D eigenvalue weighted by Crippen LogP contribution is -2.31. The van der Waals surface area contributed by atoms with Crippen molar-refractivity contribution in [3.05, 3.63) is 92.6 Å². The number of benzene rings is 2. The normalized spacial score (nSPS) is 13.9. The van der Waals surface area contributed by atoms with Gasteiger partial charge in [-0.05, 0) is 42.5 Å². The molecule has 8 heteroatoms. The van der Waals surface area contributed by atoms with Gasteiger partial charge in [0.2, 0.25) is 5.91 Å². The third-order valence-electron chi connectivity index (χ3n) is 6.73. The Morgan fingerprint density at radius 3 is 2.74 bits per heavy atom. The fraction of sp³-hybridized carbons (Fsp3) is 0.259. The zero-order valence-electron chi connectivity index (χ0n) is 19.4. The second kappa shape index (κ2) is 8.78. The molecule has 3 heterocycles. The van der Waals surface area contributed by atoms with Crippen LogP contribution < -0.4 is 10.9 Å². The van der Waals surface area contributed by atoms with Crippen molar-refractivity contribution in [1.82, 2.24) is 24.8 Å². The molecule has 0 saturated carbocycles. The van der Waals surface area contributed by atoms with E-state index in [1.54, 1.807) is 11.3 Å². The van der Waals surface area contributed by atoms with Crippen molar-refractivity contribution in [3.8, 4) is 0 Å². The second-order valence-electron chi connectivity index (χ2n) is 8.98. The highest BCUT2D eigenvalue weighted by atomic mass is 32.1. The number of carbonyl (C=O) groups is 1. The Hall–Kier alpha value is -3.78. The quantitative estimate of drug-likeness (QED) is 0.379. The van der Waals surface area contributed by atoms with Crippen molar-refractivity contribution in [1.29, 1.82) is 0 Å². The first-order chi connectivity index (χ1) is 17.1. The summed E-state index contributed by atoms with van der Waals surface area (Å²) in [7, 11) is 1.97. The summed E-state index contributed by atoms with van der Waals surface area (Å²) >= 11 is 1.62. The molecule has 2 N–H and O–H groups in total. The van der Waals surface area contributed by atoms with Gasteiger partial charge >= 0.3 is 0 Å². The van der Waals surface area contributed by atoms with Crippen molar-refractivity contribution < 1.29 is 4.79 Å². The van der Waals surface area contributed by atoms with E-state index >= 15 is 0 Å². The molecule has 0 bridgehead atoms. The fourth-order valence-corrected chi connectivity index (χ4v) is 6.28. The topological polar surface area (TPSA) is 92.7 Å². The number of nitrogens with zero attached hydrogens (tertiary/aromatic N) is 3. The Kier molecular flexibility index (Phi) is 5.45. The van der Waals surface area contributed by atoms with Crippen LogP contribution in [-0.4, -0.2) is 25.4 Å². The highest BCUT2D eigenvalue weighted by Gasteiger charge is 2.24. The van der Waals surface area contributed by atoms with Gasteiger partial charge in [-0.25, -0.2) is 9.97 Å². The van der Waals surface area contributed by atoms with Crippen LogP contribution in [0.15, 0.2) is 59.4 Å². The lowest BCUT2D eigenvalue weighted by Gasteiger charge is -2.19. The number of fused-ring (bicyclic) bond motifs is 4. The van der Waals surface area contributed by atoms with Crippen LogP contribution in [0.25, 0.3) is 21.3 Å². The maximum Gasteiger partial charge on any atom is 0.259 e. The Labute approximate surface area is 205 Å². The molecule has 1 amide bonds. The number of aromatic amines is 1. The largest absolute Gasteiger partial charge is 0.342 e. The molecule has 0 radical (unpaired) electrons. The van der Waals surface area contributed by atoms with E-state index < -0.39 is 6.04 Å². The van der Waals surface area contributed by atoms with Gasteiger partial charge in [0, 0.05) is 24.8 Å². The van der Waals surface area contributed by atoms with Crippen LogP contribution in [0.1, 0.15) is 46.5 Å². The molecule has 3 aromatic heterocycles. The summed E-state index contributed by atoms with van der Waals surface area (Å²) < 4.78 is 2.02. The van der Waals surface area contributed by atoms with Gasteiger partial charge in [0.05, 0.1) is 16.4 Å². The first-order valence-corrected chi connectivity index (χ1v) is 12.7. The van der Waals surface area contributed by atoms with E-state index in [9.17, 15) is 9.59 Å². The van der Waals surface area contributed by atoms with Crippen LogP contribution >= 0.6 is 11.3 Å². The first-order valence-electron chi connectivity index (χ1n) is 11.9. The maximum absolute atomic E-state index is 13.1. The molecule has 0 spiro atoms. The van der Waals surface area contributed by atoms with E-state index in [1.165, 1.54) is 4.88 Å². The number of aryl methyl sites for hydroxylation is 4. The third kappa shape index (κ3) is 3.93. The van der Waals surface area contributed by atoms with Crippen molar-refractivity contribution in [2.75, 3.05) is 0 Å². The van der Waals surface area contributed by atoms with E-state index in [2.05, 4.69) is 15.3 Å². The van der Waals surface area contributed by atoms with Gasteiger partial charge < -0.3 is 14.9 Å². The molecule has 6 rings (SSSR count). The van der Waals surface area contributed by atoms with E-state index in [1.807, 2.05) is 66.2 Å². The van der Waals surface area contributed by atoms with Gasteiger partial charge in [-0.2, -0.15) is 0 Å². The molecule has 1 aliphatic carbocycles. The molecule has 1 atom stereocenters. The molecule has 1 aliphatic rings. The van der Waals surface area contributed by atoms with Crippen LogP contribution in [0.3, 0.4) is 0 Å². The number of hydrogen-bond donors (Lipinski definition) is 2. The molecule has 2 aromatic carbocycles. The summed E-state index contributed by atoms with van der Waals surface area (Å²) in [4.78, 5) is 40.3. The predicted octanol–water partition coefficient (Wildman–Crippen LogP) is 4.20. The molecule has 0 saturated heterocycles. The molecule has 0 fully saturated rings. The summed E-state index contributed by atoms with van der Waals surface area (Å²) in [6, 6.07) is 17.4. The smallest absolute Gasteiger partial charge is 0.259 e. The number of rotatable bonds is 6. The number of H-pyrrole nitrogens is 1. The predicted molar refractivity (Wildman–Crippen MR) is 138 cm³/mol. The standard InChI is InChI=1S/C27H25N5O2S/c1-32-19-12-6-5-11-18(19)28-25(32)24(16-8-3-2-4-9-16)31-22(33)15-14-21-29-26(34)23-17-10-7-13-20(17)35-27(23)30-21/h2-6,8-9,11-12,24H,7,10,13-15H2,1H3,(H,31,33)(H,29,30,34). The number of nitrogens with one attached hydrogen (secondary N) is 2. The number of imidazole rings is 1. The number of carbonyl (C=O) groups excluding carboxylic acids is 1. The van der Waals surface area contributed by atoms with Gasteiger partial charge in [0.25, 0.3) is 5.56 Å². The lowest BCUT2D eigenvalue weighted by molar-refractivity contribution is -0.121. The number of aromatic nitrogens is 4. The Morgan fingerprint density at radius 2 is 1.91 bits per heavy atom. The SMILES string of the molecule is Cn1c(C(NC(=O)CCc2nc3sc4c(c3c(=O)[nH]2)CCC4)c2ccccc2)nc2ccccc21. The van der Waals surface area contributed by atoms with Crippen LogP contribution in [0.2, 0.25) is 0 Å². The van der Waals surface area contributed by atoms with Crippen LogP contribution in [0.4, 0.5) is 0 Å². The van der Waals surface area contributed by atoms with Gasteiger partial charge in [-0.3, -0.25) is 9.59 Å². The third-order valence-corrected chi connectivity index (χ3v) is 7.92. The zero-order valence-corrected chi connectivity index (χ0v) is 20.2. The molecular formula is C27H25N5O2S. The molecule has 176 valence electrons. The minimum Gasteiger partial charge on any atom is -0.342 e. The average Bonchev–Trinajstić information content (AvgIpc) is 3.55. The molecular weight excluding hydrogens is 458 g/mol. The molecule has 5 aromatic rings. The molecule has 1 unspecified atom stereocenters. The summed E-state index contributed by atoms with van der Waals surface area (Å²) in [6.45, 7) is 0. The first kappa shape index (κ1) is 21.7. The Balaban J connectivity index is 1.25. The number of hydrogen-bond acceptors (Lipinski definition) is 5. The van der Waals surface area contributed by atoms with Crippen molar-refractivity contribution in [2.45, 2.75) is 38.1 Å². The fourth-order valence-electron chi connectivity index (χ4n) is 5.00. The minimum atomic E-state index is -0.393. The second-order valence-corrected chi connectivity index (χ2v) is 10.1. The monoisotopic (exact) mass is 483 g/mol. The Morgan fingerprint density at radius 1 is 1.11 bits per heavy atom. The lowest BCUT2D eigenvalue weighted by atomic mass is 10.1. The molecule has 7 nitrogen and oxygen atoms in total. The summed E-state index contributed by atoms with van der Waals surface area (Å²) in [5, 5.41) is 3.90. The number of amides is 1. The summed E-state index contributed by atoms with van der Waals surface area (Å²) in [6.07, 6.45) is 3.66. The van der Waals surface area contributed by atoms with Crippen LogP contribution in [-0.2, 0) is 31.1 Å². The van der Waals surface area contributed by atoms with E-state index in [-0.39, 0.29) is 17.9 Å². The highest BCUT2D eigenvalue weighted by molar-refractivity contribution is 7.18. The molecule has 0 aliphatic heterocycles. The van der Waals surface area contributed by atoms with Crippen molar-refractivity contribution in [3.63, 3.8) is 0 Å². The van der Waals surface area contributed by atoms with E-state index in [0.29, 0.717) is 12.2 Å². The van der Waals surface area contributed by atoms with Gasteiger partial charge in [0.15, 0.2) is 0 Å². The minimum absolute atomic E-state index is 0.0910. The van der Waals surface area contributed by atoms with Gasteiger partial charge in [-0.15, -0.1) is 11.3 Å². The number of para-hydroxylation sites is 2. The summed E-state index contributed by atoms with van der Waals surface area (Å²) in [5.41, 5.74) is 3.93. The highest BCUT2D eigenvalue weighted by Crippen LogP contribution is 2.34. The van der Waals surface area contributed by atoms with Crippen LogP contribution in [0.5, 0.6) is 0 Å². The summed E-state index contributed by atoms with van der Waals surface area (Å²) in [5.74, 6) is 1.20. The van der Waals surface area contributed by atoms with Gasteiger partial charge in [0.1, 0.15) is 22.5 Å². The van der Waals surface area contributed by atoms with E-state index in [0.717, 1.165) is 57.5 Å². The molecule has 35 heavy (non-hydrogen) atoms. The van der Waals surface area contributed by atoms with Crippen molar-refractivity contribution >= 4 is 38.5 Å². The van der Waals surface area contributed by atoms with Gasteiger partial charge in [-0.1, -0.05) is 42.5 Å². The van der Waals surface area contributed by atoms with E-state index in [4.69, 9.17) is 4.98 Å². The zero-order chi connectivity index (χ0) is 23.9. The average molecular weight is 484 g/mol.